The van der Waals surface area contributed by atoms with Gasteiger partial charge in [0.2, 0.25) is 0 Å². The average molecular weight is 389 g/mol. The highest BCUT2D eigenvalue weighted by molar-refractivity contribution is 6.05. The van der Waals surface area contributed by atoms with Gasteiger partial charge in [0.1, 0.15) is 5.56 Å². The largest absolute Gasteiger partial charge is 0.343 e. The molecule has 5 nitrogen and oxygen atoms in total. The first kappa shape index (κ1) is 20.5. The minimum atomic E-state index is -0.351. The number of pyridine rings is 2. The molecule has 0 saturated carbocycles. The fourth-order valence-electron chi connectivity index (χ4n) is 3.53. The molecule has 0 aliphatic carbocycles. The maximum atomic E-state index is 13.2. The second-order valence-electron chi connectivity index (χ2n) is 7.36. The van der Waals surface area contributed by atoms with Crippen LogP contribution in [0.15, 0.2) is 53.6 Å². The zero-order valence-corrected chi connectivity index (χ0v) is 17.5. The maximum absolute atomic E-state index is 13.2. The van der Waals surface area contributed by atoms with Gasteiger partial charge in [-0.2, -0.15) is 0 Å². The lowest BCUT2D eigenvalue weighted by Gasteiger charge is -2.20. The summed E-state index contributed by atoms with van der Waals surface area (Å²) in [6.45, 7) is 8.52. The Morgan fingerprint density at radius 3 is 2.52 bits per heavy atom. The summed E-state index contributed by atoms with van der Waals surface area (Å²) in [5.74, 6) is -0.351. The number of rotatable bonds is 6. The molecule has 0 aliphatic heterocycles. The summed E-state index contributed by atoms with van der Waals surface area (Å²) in [7, 11) is 0. The normalized spacial score (nSPS) is 10.8. The molecule has 0 unspecified atom stereocenters. The van der Waals surface area contributed by atoms with Crippen LogP contribution in [0.1, 0.15) is 51.8 Å². The van der Waals surface area contributed by atoms with Crippen LogP contribution in [0.3, 0.4) is 0 Å². The minimum absolute atomic E-state index is 0.229. The number of aryl methyl sites for hydroxylation is 2. The number of carbonyl (C=O) groups is 1. The van der Waals surface area contributed by atoms with E-state index in [9.17, 15) is 9.59 Å². The molecule has 0 atom stereocenters. The second-order valence-corrected chi connectivity index (χ2v) is 7.36. The molecule has 5 heteroatoms. The standard InChI is InChI=1S/C24H27N3O2/c1-5-7-21-23(24(29)26-20-9-6-8-16(2)18(20)4)22(28)14-17(3)27(21)15-19-10-12-25-13-11-19/h6,8-14H,5,7,15H2,1-4H3,(H,26,29). The third-order valence-electron chi connectivity index (χ3n) is 5.28. The smallest absolute Gasteiger partial charge is 0.261 e. The molecule has 0 aliphatic rings. The van der Waals surface area contributed by atoms with Gasteiger partial charge in [0.15, 0.2) is 5.43 Å². The Bertz CT molecular complexity index is 1090. The van der Waals surface area contributed by atoms with Crippen molar-refractivity contribution in [2.75, 3.05) is 5.32 Å². The fraction of sp³-hybridized carbons (Fsp3) is 0.292. The Balaban J connectivity index is 2.07. The van der Waals surface area contributed by atoms with Crippen molar-refractivity contribution in [1.82, 2.24) is 9.55 Å². The number of nitrogens with one attached hydrogen (secondary N) is 1. The van der Waals surface area contributed by atoms with Gasteiger partial charge in [-0.15, -0.1) is 0 Å². The lowest BCUT2D eigenvalue weighted by molar-refractivity contribution is 0.102. The van der Waals surface area contributed by atoms with Gasteiger partial charge in [0.25, 0.3) is 5.91 Å². The van der Waals surface area contributed by atoms with Crippen molar-refractivity contribution in [2.45, 2.75) is 47.1 Å². The number of aromatic nitrogens is 2. The molecule has 0 saturated heterocycles. The maximum Gasteiger partial charge on any atom is 0.261 e. The van der Waals surface area contributed by atoms with E-state index in [1.807, 2.05) is 51.1 Å². The van der Waals surface area contributed by atoms with E-state index in [1.54, 1.807) is 18.5 Å². The first-order valence-electron chi connectivity index (χ1n) is 9.92. The number of hydrogen-bond donors (Lipinski definition) is 1. The van der Waals surface area contributed by atoms with Gasteiger partial charge in [-0.25, -0.2) is 0 Å². The highest BCUT2D eigenvalue weighted by atomic mass is 16.2. The fourth-order valence-corrected chi connectivity index (χ4v) is 3.53. The van der Waals surface area contributed by atoms with Crippen LogP contribution >= 0.6 is 0 Å². The first-order chi connectivity index (χ1) is 13.9. The van der Waals surface area contributed by atoms with Crippen molar-refractivity contribution in [2.24, 2.45) is 0 Å². The van der Waals surface area contributed by atoms with Crippen molar-refractivity contribution in [1.29, 1.82) is 0 Å². The molecule has 2 heterocycles. The zero-order chi connectivity index (χ0) is 21.0. The molecule has 1 amide bonds. The van der Waals surface area contributed by atoms with Crippen molar-refractivity contribution in [3.63, 3.8) is 0 Å². The van der Waals surface area contributed by atoms with Crippen LogP contribution in [-0.2, 0) is 13.0 Å². The highest BCUT2D eigenvalue weighted by Gasteiger charge is 2.20. The van der Waals surface area contributed by atoms with Gasteiger partial charge < -0.3 is 9.88 Å². The zero-order valence-electron chi connectivity index (χ0n) is 17.5. The summed E-state index contributed by atoms with van der Waals surface area (Å²) in [6.07, 6.45) is 4.99. The Morgan fingerprint density at radius 2 is 1.83 bits per heavy atom. The van der Waals surface area contributed by atoms with E-state index in [1.165, 1.54) is 0 Å². The molecule has 3 aromatic rings. The summed E-state index contributed by atoms with van der Waals surface area (Å²) in [4.78, 5) is 30.1. The molecule has 1 N–H and O–H groups in total. The number of anilines is 1. The molecular formula is C24H27N3O2. The van der Waals surface area contributed by atoms with Crippen LogP contribution in [0.25, 0.3) is 0 Å². The second kappa shape index (κ2) is 8.86. The van der Waals surface area contributed by atoms with Gasteiger partial charge in [-0.05, 0) is 62.1 Å². The first-order valence-corrected chi connectivity index (χ1v) is 9.92. The van der Waals surface area contributed by atoms with Crippen LogP contribution in [-0.4, -0.2) is 15.5 Å². The van der Waals surface area contributed by atoms with E-state index < -0.39 is 0 Å². The highest BCUT2D eigenvalue weighted by Crippen LogP contribution is 2.20. The van der Waals surface area contributed by atoms with Crippen LogP contribution in [0.5, 0.6) is 0 Å². The predicted molar refractivity (Wildman–Crippen MR) is 117 cm³/mol. The number of carbonyl (C=O) groups excluding carboxylic acids is 1. The Morgan fingerprint density at radius 1 is 1.10 bits per heavy atom. The summed E-state index contributed by atoms with van der Waals surface area (Å²) < 4.78 is 2.07. The van der Waals surface area contributed by atoms with E-state index in [0.29, 0.717) is 13.0 Å². The molecule has 0 bridgehead atoms. The van der Waals surface area contributed by atoms with Gasteiger partial charge in [-0.1, -0.05) is 25.5 Å². The topological polar surface area (TPSA) is 64.0 Å². The number of benzene rings is 1. The van der Waals surface area contributed by atoms with E-state index in [2.05, 4.69) is 21.8 Å². The third kappa shape index (κ3) is 4.45. The average Bonchev–Trinajstić information content (AvgIpc) is 2.69. The quantitative estimate of drug-likeness (QED) is 0.679. The van der Waals surface area contributed by atoms with Crippen molar-refractivity contribution in [3.8, 4) is 0 Å². The van der Waals surface area contributed by atoms with Gasteiger partial charge in [0.05, 0.1) is 0 Å². The van der Waals surface area contributed by atoms with Crippen LogP contribution < -0.4 is 10.7 Å². The monoisotopic (exact) mass is 389 g/mol. The number of nitrogens with zero attached hydrogens (tertiary/aromatic N) is 2. The molecular weight excluding hydrogens is 362 g/mol. The van der Waals surface area contributed by atoms with Crippen LogP contribution in [0.2, 0.25) is 0 Å². The van der Waals surface area contributed by atoms with Crippen molar-refractivity contribution >= 4 is 11.6 Å². The lowest BCUT2D eigenvalue weighted by Crippen LogP contribution is -2.29. The molecule has 2 aromatic heterocycles. The Labute approximate surface area is 171 Å². The summed E-state index contributed by atoms with van der Waals surface area (Å²) in [5.41, 5.74) is 5.52. The molecule has 0 radical (unpaired) electrons. The third-order valence-corrected chi connectivity index (χ3v) is 5.28. The summed E-state index contributed by atoms with van der Waals surface area (Å²) >= 11 is 0. The molecule has 0 spiro atoms. The molecule has 3 rings (SSSR count). The number of amides is 1. The SMILES string of the molecule is CCCc1c(C(=O)Nc2cccc(C)c2C)c(=O)cc(C)n1Cc1ccncc1. The van der Waals surface area contributed by atoms with E-state index in [4.69, 9.17) is 0 Å². The van der Waals surface area contributed by atoms with Gasteiger partial charge in [-0.3, -0.25) is 14.6 Å². The van der Waals surface area contributed by atoms with E-state index in [-0.39, 0.29) is 16.9 Å². The molecule has 150 valence electrons. The molecule has 1 aromatic carbocycles. The molecule has 0 fully saturated rings. The van der Waals surface area contributed by atoms with Crippen molar-refractivity contribution in [3.05, 3.63) is 92.7 Å². The lowest BCUT2D eigenvalue weighted by atomic mass is 10.0. The van der Waals surface area contributed by atoms with Crippen molar-refractivity contribution < 1.29 is 4.79 Å². The van der Waals surface area contributed by atoms with E-state index in [0.717, 1.165) is 40.2 Å². The summed E-state index contributed by atoms with van der Waals surface area (Å²) in [6, 6.07) is 11.2. The van der Waals surface area contributed by atoms with Crippen LogP contribution in [0, 0.1) is 20.8 Å². The van der Waals surface area contributed by atoms with E-state index >= 15 is 0 Å². The predicted octanol–water partition coefficient (Wildman–Crippen LogP) is 4.42. The minimum Gasteiger partial charge on any atom is -0.343 e. The Kier molecular flexibility index (Phi) is 6.27. The summed E-state index contributed by atoms with van der Waals surface area (Å²) in [5, 5.41) is 2.96. The number of hydrogen-bond acceptors (Lipinski definition) is 3. The molecule has 29 heavy (non-hydrogen) atoms. The van der Waals surface area contributed by atoms with Gasteiger partial charge >= 0.3 is 0 Å². The van der Waals surface area contributed by atoms with Gasteiger partial charge in [0, 0.05) is 42.1 Å². The Hall–Kier alpha value is -3.21. The van der Waals surface area contributed by atoms with Crippen LogP contribution in [0.4, 0.5) is 5.69 Å².